The van der Waals surface area contributed by atoms with Crippen molar-refractivity contribution in [2.75, 3.05) is 6.61 Å². The Morgan fingerprint density at radius 2 is 0.620 bits per heavy atom. The minimum Gasteiger partial charge on any atom is -0.394 e. The third-order valence-electron chi connectivity index (χ3n) is 13.9. The number of allylic oxidation sites excluding steroid dienone is 16. The first-order valence-electron chi connectivity index (χ1n) is 30.9. The average Bonchev–Trinajstić information content (AvgIpc) is 3.37. The predicted molar refractivity (Wildman–Crippen MR) is 317 cm³/mol. The van der Waals surface area contributed by atoms with E-state index in [1.54, 1.807) is 0 Å². The minimum absolute atomic E-state index is 0.0462. The standard InChI is InChI=1S/C67H119NO3/c1-3-5-7-9-11-13-15-17-19-21-23-25-27-29-31-33-34-35-37-39-41-43-45-47-49-51-53-55-57-59-61-63-67(71)68-65(64-69)66(70)62-60-58-56-54-52-50-48-46-44-42-40-38-36-32-30-28-26-24-22-20-18-16-14-12-10-8-6-4-2/h5,7,11,13,17,19,23,25,29,31,34-35,39,41,45,47,65-66,69-70H,3-4,6,8-10,12,14-16,18,20-22,24,26-28,30,32-33,36-38,40,42-44,46,48-64H2,1-2H3,(H,68,71)/b7-5-,13-11-,19-17-,25-23-,31-29-,35-34-,41-39-,47-45-. The largest absolute Gasteiger partial charge is 0.394 e. The molecule has 0 saturated carbocycles. The van der Waals surface area contributed by atoms with Gasteiger partial charge in [-0.3, -0.25) is 4.79 Å². The second-order valence-corrected chi connectivity index (χ2v) is 20.7. The van der Waals surface area contributed by atoms with Crippen molar-refractivity contribution in [3.63, 3.8) is 0 Å². The first kappa shape index (κ1) is 68.3. The van der Waals surface area contributed by atoms with Crippen molar-refractivity contribution in [2.45, 2.75) is 315 Å². The molecule has 71 heavy (non-hydrogen) atoms. The Balaban J connectivity index is 3.54. The fourth-order valence-corrected chi connectivity index (χ4v) is 9.20. The van der Waals surface area contributed by atoms with Gasteiger partial charge in [0.2, 0.25) is 5.91 Å². The molecule has 2 atom stereocenters. The molecule has 410 valence electrons. The lowest BCUT2D eigenvalue weighted by Gasteiger charge is -2.22. The van der Waals surface area contributed by atoms with Gasteiger partial charge in [-0.05, 0) is 77.0 Å². The molecule has 4 nitrogen and oxygen atoms in total. The van der Waals surface area contributed by atoms with Gasteiger partial charge >= 0.3 is 0 Å². The van der Waals surface area contributed by atoms with Gasteiger partial charge in [0.15, 0.2) is 0 Å². The van der Waals surface area contributed by atoms with Crippen molar-refractivity contribution in [1.29, 1.82) is 0 Å². The summed E-state index contributed by atoms with van der Waals surface area (Å²) in [7, 11) is 0. The summed E-state index contributed by atoms with van der Waals surface area (Å²) in [6, 6.07) is -0.553. The number of aliphatic hydroxyl groups is 2. The Morgan fingerprint density at radius 1 is 0.352 bits per heavy atom. The fourth-order valence-electron chi connectivity index (χ4n) is 9.20. The van der Waals surface area contributed by atoms with Crippen LogP contribution in [0.5, 0.6) is 0 Å². The summed E-state index contributed by atoms with van der Waals surface area (Å²) < 4.78 is 0. The number of amides is 1. The molecule has 4 heteroatoms. The highest BCUT2D eigenvalue weighted by atomic mass is 16.3. The van der Waals surface area contributed by atoms with Gasteiger partial charge in [-0.2, -0.15) is 0 Å². The van der Waals surface area contributed by atoms with E-state index in [-0.39, 0.29) is 12.5 Å². The number of aliphatic hydroxyl groups excluding tert-OH is 2. The summed E-state index contributed by atoms with van der Waals surface area (Å²) in [6.07, 6.45) is 91.3. The van der Waals surface area contributed by atoms with Gasteiger partial charge in [0.25, 0.3) is 0 Å². The maximum Gasteiger partial charge on any atom is 0.220 e. The van der Waals surface area contributed by atoms with E-state index in [1.807, 2.05) is 0 Å². The first-order chi connectivity index (χ1) is 35.2. The molecule has 0 saturated heterocycles. The summed E-state index contributed by atoms with van der Waals surface area (Å²) in [4.78, 5) is 12.5. The lowest BCUT2D eigenvalue weighted by molar-refractivity contribution is -0.123. The van der Waals surface area contributed by atoms with Gasteiger partial charge in [-0.25, -0.2) is 0 Å². The topological polar surface area (TPSA) is 69.6 Å². The number of unbranched alkanes of at least 4 members (excludes halogenated alkanes) is 33. The Labute approximate surface area is 443 Å². The van der Waals surface area contributed by atoms with Crippen LogP contribution in [0.4, 0.5) is 0 Å². The van der Waals surface area contributed by atoms with Gasteiger partial charge in [-0.1, -0.05) is 317 Å². The molecule has 0 heterocycles. The number of hydrogen-bond acceptors (Lipinski definition) is 3. The molecular formula is C67H119NO3. The van der Waals surface area contributed by atoms with Crippen molar-refractivity contribution in [1.82, 2.24) is 5.32 Å². The van der Waals surface area contributed by atoms with Gasteiger partial charge in [0.05, 0.1) is 18.8 Å². The van der Waals surface area contributed by atoms with Crippen molar-refractivity contribution in [2.24, 2.45) is 0 Å². The quantitative estimate of drug-likeness (QED) is 0.0420. The van der Waals surface area contributed by atoms with E-state index in [0.717, 1.165) is 89.9 Å². The van der Waals surface area contributed by atoms with E-state index in [1.165, 1.54) is 186 Å². The molecule has 0 aromatic carbocycles. The number of hydrogen-bond donors (Lipinski definition) is 3. The molecule has 0 aliphatic heterocycles. The van der Waals surface area contributed by atoms with Gasteiger partial charge in [-0.15, -0.1) is 0 Å². The second kappa shape index (κ2) is 61.6. The Kier molecular flexibility index (Phi) is 59.3. The monoisotopic (exact) mass is 986 g/mol. The van der Waals surface area contributed by atoms with Crippen LogP contribution in [0.1, 0.15) is 303 Å². The molecule has 0 spiro atoms. The van der Waals surface area contributed by atoms with Crippen molar-refractivity contribution >= 4 is 5.91 Å². The van der Waals surface area contributed by atoms with Gasteiger partial charge in [0, 0.05) is 6.42 Å². The zero-order chi connectivity index (χ0) is 51.3. The smallest absolute Gasteiger partial charge is 0.220 e. The van der Waals surface area contributed by atoms with Crippen LogP contribution in [-0.2, 0) is 4.79 Å². The molecule has 0 fully saturated rings. The van der Waals surface area contributed by atoms with Crippen LogP contribution in [0, 0.1) is 0 Å². The summed E-state index contributed by atoms with van der Waals surface area (Å²) in [5.41, 5.74) is 0. The summed E-state index contributed by atoms with van der Waals surface area (Å²) >= 11 is 0. The molecule has 0 bridgehead atoms. The third-order valence-corrected chi connectivity index (χ3v) is 13.9. The van der Waals surface area contributed by atoms with E-state index in [2.05, 4.69) is 116 Å². The lowest BCUT2D eigenvalue weighted by atomic mass is 10.0. The zero-order valence-electron chi connectivity index (χ0n) is 47.2. The predicted octanol–water partition coefficient (Wildman–Crippen LogP) is 20.9. The zero-order valence-corrected chi connectivity index (χ0v) is 47.2. The number of carbonyl (C=O) groups excluding carboxylic acids is 1. The van der Waals surface area contributed by atoms with Crippen LogP contribution in [0.15, 0.2) is 97.2 Å². The van der Waals surface area contributed by atoms with Gasteiger partial charge < -0.3 is 15.5 Å². The normalized spacial score (nSPS) is 13.5. The van der Waals surface area contributed by atoms with Crippen molar-refractivity contribution in [3.8, 4) is 0 Å². The van der Waals surface area contributed by atoms with Gasteiger partial charge in [0.1, 0.15) is 0 Å². The van der Waals surface area contributed by atoms with E-state index < -0.39 is 12.1 Å². The molecule has 0 aliphatic carbocycles. The molecule has 2 unspecified atom stereocenters. The Morgan fingerprint density at radius 3 is 0.930 bits per heavy atom. The highest BCUT2D eigenvalue weighted by Gasteiger charge is 2.20. The van der Waals surface area contributed by atoms with E-state index in [4.69, 9.17) is 0 Å². The van der Waals surface area contributed by atoms with Crippen LogP contribution in [0.2, 0.25) is 0 Å². The highest BCUT2D eigenvalue weighted by Crippen LogP contribution is 2.18. The van der Waals surface area contributed by atoms with E-state index in [0.29, 0.717) is 12.8 Å². The molecule has 0 rings (SSSR count). The first-order valence-corrected chi connectivity index (χ1v) is 30.9. The van der Waals surface area contributed by atoms with Crippen LogP contribution in [0.3, 0.4) is 0 Å². The Bertz CT molecular complexity index is 1300. The number of carbonyl (C=O) groups is 1. The lowest BCUT2D eigenvalue weighted by Crippen LogP contribution is -2.45. The fraction of sp³-hybridized carbons (Fsp3) is 0.746. The van der Waals surface area contributed by atoms with E-state index in [9.17, 15) is 15.0 Å². The minimum atomic E-state index is -0.675. The molecular weight excluding hydrogens is 867 g/mol. The third kappa shape index (κ3) is 58.1. The summed E-state index contributed by atoms with van der Waals surface area (Å²) in [5, 5.41) is 23.4. The maximum absolute atomic E-state index is 12.5. The van der Waals surface area contributed by atoms with Crippen LogP contribution in [-0.4, -0.2) is 34.9 Å². The summed E-state index contributed by atoms with van der Waals surface area (Å²) in [6.45, 7) is 4.26. The number of rotatable bonds is 56. The molecule has 0 radical (unpaired) electrons. The summed E-state index contributed by atoms with van der Waals surface area (Å²) in [5.74, 6) is -0.0462. The number of nitrogens with one attached hydrogen (secondary N) is 1. The van der Waals surface area contributed by atoms with Crippen molar-refractivity contribution < 1.29 is 15.0 Å². The van der Waals surface area contributed by atoms with Crippen LogP contribution in [0.25, 0.3) is 0 Å². The van der Waals surface area contributed by atoms with Crippen LogP contribution < -0.4 is 5.32 Å². The average molecular weight is 987 g/mol. The molecule has 0 aliphatic rings. The Hall–Kier alpha value is -2.69. The molecule has 0 aromatic rings. The van der Waals surface area contributed by atoms with E-state index >= 15 is 0 Å². The second-order valence-electron chi connectivity index (χ2n) is 20.7. The SMILES string of the molecule is CC/C=C\C/C=C\C/C=C\C/C=C\C/C=C\C/C=C\C/C=C\C/C=C\CCCCCCCCC(=O)NC(CO)C(O)CCCCCCCCCCCCCCCCCCCCCCCCCCCCCC. The van der Waals surface area contributed by atoms with Crippen LogP contribution >= 0.6 is 0 Å². The molecule has 0 aromatic heterocycles. The molecule has 3 N–H and O–H groups in total. The maximum atomic E-state index is 12.5. The highest BCUT2D eigenvalue weighted by molar-refractivity contribution is 5.76. The molecule has 1 amide bonds. The van der Waals surface area contributed by atoms with Crippen molar-refractivity contribution in [3.05, 3.63) is 97.2 Å².